The molecule has 0 aliphatic carbocycles. The van der Waals surface area contributed by atoms with Crippen molar-refractivity contribution in [2.75, 3.05) is 26.8 Å². The molecule has 1 aliphatic rings. The van der Waals surface area contributed by atoms with Crippen molar-refractivity contribution in [1.29, 1.82) is 0 Å². The van der Waals surface area contributed by atoms with Gasteiger partial charge in [-0.3, -0.25) is 4.79 Å². The van der Waals surface area contributed by atoms with E-state index in [2.05, 4.69) is 12.2 Å². The monoisotopic (exact) mass is 242 g/mol. The van der Waals surface area contributed by atoms with Crippen LogP contribution in [-0.2, 0) is 9.53 Å². The second-order valence-corrected chi connectivity index (χ2v) is 4.96. The molecule has 1 aliphatic heterocycles. The standard InChI is InChI=1S/C13H26N2O2/c1-11(7-10-17-3)14-12(2)13(16)15-8-5-4-6-9-15/h11-12,14H,4-10H2,1-3H3. The Morgan fingerprint density at radius 2 is 1.94 bits per heavy atom. The molecule has 0 aromatic rings. The van der Waals surface area contributed by atoms with E-state index >= 15 is 0 Å². The molecule has 0 bridgehead atoms. The topological polar surface area (TPSA) is 41.6 Å². The van der Waals surface area contributed by atoms with E-state index in [1.807, 2.05) is 11.8 Å². The highest BCUT2D eigenvalue weighted by Crippen LogP contribution is 2.10. The molecule has 100 valence electrons. The van der Waals surface area contributed by atoms with E-state index in [4.69, 9.17) is 4.74 Å². The number of methoxy groups -OCH3 is 1. The summed E-state index contributed by atoms with van der Waals surface area (Å²) in [6.07, 6.45) is 4.50. The van der Waals surface area contributed by atoms with E-state index < -0.39 is 0 Å². The number of rotatable bonds is 6. The second-order valence-electron chi connectivity index (χ2n) is 4.96. The van der Waals surface area contributed by atoms with Gasteiger partial charge in [0.1, 0.15) is 0 Å². The number of carbonyl (C=O) groups excluding carboxylic acids is 1. The number of nitrogens with zero attached hydrogens (tertiary/aromatic N) is 1. The molecule has 2 unspecified atom stereocenters. The Morgan fingerprint density at radius 3 is 2.53 bits per heavy atom. The summed E-state index contributed by atoms with van der Waals surface area (Å²) in [6, 6.07) is 0.235. The maximum atomic E-state index is 12.1. The molecule has 0 aromatic carbocycles. The number of amides is 1. The summed E-state index contributed by atoms with van der Waals surface area (Å²) in [4.78, 5) is 14.1. The van der Waals surface area contributed by atoms with Crippen molar-refractivity contribution in [1.82, 2.24) is 10.2 Å². The van der Waals surface area contributed by atoms with Crippen LogP contribution in [0.4, 0.5) is 0 Å². The van der Waals surface area contributed by atoms with Crippen LogP contribution in [-0.4, -0.2) is 49.7 Å². The van der Waals surface area contributed by atoms with Crippen molar-refractivity contribution in [2.24, 2.45) is 0 Å². The van der Waals surface area contributed by atoms with E-state index in [1.54, 1.807) is 7.11 Å². The number of hydrogen-bond donors (Lipinski definition) is 1. The average molecular weight is 242 g/mol. The number of likely N-dealkylation sites (tertiary alicyclic amines) is 1. The summed E-state index contributed by atoms with van der Waals surface area (Å²) in [5, 5.41) is 3.34. The maximum absolute atomic E-state index is 12.1. The van der Waals surface area contributed by atoms with Gasteiger partial charge in [0.05, 0.1) is 6.04 Å². The first kappa shape index (κ1) is 14.5. The van der Waals surface area contributed by atoms with Crippen molar-refractivity contribution in [3.05, 3.63) is 0 Å². The van der Waals surface area contributed by atoms with E-state index in [1.165, 1.54) is 6.42 Å². The summed E-state index contributed by atoms with van der Waals surface area (Å²) in [5.74, 6) is 0.244. The molecular formula is C13H26N2O2. The molecule has 1 N–H and O–H groups in total. The average Bonchev–Trinajstić information content (AvgIpc) is 2.36. The van der Waals surface area contributed by atoms with Crippen LogP contribution in [0.25, 0.3) is 0 Å². The third kappa shape index (κ3) is 5.04. The highest BCUT2D eigenvalue weighted by molar-refractivity contribution is 5.81. The van der Waals surface area contributed by atoms with E-state index in [-0.39, 0.29) is 11.9 Å². The number of hydrogen-bond acceptors (Lipinski definition) is 3. The molecule has 2 atom stereocenters. The first-order valence-electron chi connectivity index (χ1n) is 6.69. The lowest BCUT2D eigenvalue weighted by atomic mass is 10.1. The van der Waals surface area contributed by atoms with Gasteiger partial charge < -0.3 is 15.0 Å². The summed E-state index contributed by atoms with van der Waals surface area (Å²) < 4.78 is 5.04. The minimum Gasteiger partial charge on any atom is -0.385 e. The molecule has 4 heteroatoms. The van der Waals surface area contributed by atoms with Crippen LogP contribution in [0, 0.1) is 0 Å². The van der Waals surface area contributed by atoms with Crippen LogP contribution >= 0.6 is 0 Å². The third-order valence-electron chi connectivity index (χ3n) is 3.33. The number of carbonyl (C=O) groups is 1. The van der Waals surface area contributed by atoms with Gasteiger partial charge in [0.2, 0.25) is 5.91 Å². The first-order valence-corrected chi connectivity index (χ1v) is 6.69. The number of piperidine rings is 1. The molecule has 0 spiro atoms. The quantitative estimate of drug-likeness (QED) is 0.765. The molecule has 1 amide bonds. The van der Waals surface area contributed by atoms with Gasteiger partial charge in [-0.2, -0.15) is 0 Å². The highest BCUT2D eigenvalue weighted by atomic mass is 16.5. The highest BCUT2D eigenvalue weighted by Gasteiger charge is 2.22. The predicted molar refractivity (Wildman–Crippen MR) is 69.0 cm³/mol. The van der Waals surface area contributed by atoms with Gasteiger partial charge in [-0.1, -0.05) is 0 Å². The molecule has 1 fully saturated rings. The van der Waals surface area contributed by atoms with Crippen LogP contribution in [0.1, 0.15) is 39.5 Å². The minimum absolute atomic E-state index is 0.0834. The summed E-state index contributed by atoms with van der Waals surface area (Å²) in [7, 11) is 1.70. The van der Waals surface area contributed by atoms with Crippen LogP contribution in [0.15, 0.2) is 0 Å². The summed E-state index contributed by atoms with van der Waals surface area (Å²) in [6.45, 7) is 6.65. The lowest BCUT2D eigenvalue weighted by Crippen LogP contribution is -2.49. The van der Waals surface area contributed by atoms with Gasteiger partial charge >= 0.3 is 0 Å². The molecular weight excluding hydrogens is 216 g/mol. The van der Waals surface area contributed by atoms with E-state index in [0.717, 1.165) is 39.0 Å². The van der Waals surface area contributed by atoms with Gasteiger partial charge in [0.25, 0.3) is 0 Å². The van der Waals surface area contributed by atoms with E-state index in [0.29, 0.717) is 6.04 Å². The fourth-order valence-corrected chi connectivity index (χ4v) is 2.26. The fourth-order valence-electron chi connectivity index (χ4n) is 2.26. The zero-order chi connectivity index (χ0) is 12.7. The largest absolute Gasteiger partial charge is 0.385 e. The lowest BCUT2D eigenvalue weighted by molar-refractivity contribution is -0.134. The zero-order valence-electron chi connectivity index (χ0n) is 11.4. The maximum Gasteiger partial charge on any atom is 0.239 e. The van der Waals surface area contributed by atoms with E-state index in [9.17, 15) is 4.79 Å². The van der Waals surface area contributed by atoms with Crippen LogP contribution in [0.2, 0.25) is 0 Å². The van der Waals surface area contributed by atoms with Crippen molar-refractivity contribution in [3.8, 4) is 0 Å². The van der Waals surface area contributed by atoms with Crippen LogP contribution < -0.4 is 5.32 Å². The Morgan fingerprint density at radius 1 is 1.29 bits per heavy atom. The lowest BCUT2D eigenvalue weighted by Gasteiger charge is -2.30. The number of ether oxygens (including phenoxy) is 1. The predicted octanol–water partition coefficient (Wildman–Crippen LogP) is 1.40. The molecule has 0 radical (unpaired) electrons. The minimum atomic E-state index is -0.0834. The van der Waals surface area contributed by atoms with Crippen molar-refractivity contribution in [3.63, 3.8) is 0 Å². The smallest absolute Gasteiger partial charge is 0.239 e. The zero-order valence-corrected chi connectivity index (χ0v) is 11.4. The van der Waals surface area contributed by atoms with Crippen molar-refractivity contribution in [2.45, 2.75) is 51.6 Å². The summed E-state index contributed by atoms with van der Waals surface area (Å²) in [5.41, 5.74) is 0. The van der Waals surface area contributed by atoms with Crippen molar-refractivity contribution >= 4 is 5.91 Å². The molecule has 4 nitrogen and oxygen atoms in total. The van der Waals surface area contributed by atoms with Gasteiger partial charge in [0.15, 0.2) is 0 Å². The third-order valence-corrected chi connectivity index (χ3v) is 3.33. The van der Waals surface area contributed by atoms with Gasteiger partial charge in [-0.25, -0.2) is 0 Å². The molecule has 1 heterocycles. The first-order chi connectivity index (χ1) is 8.15. The molecule has 17 heavy (non-hydrogen) atoms. The van der Waals surface area contributed by atoms with Gasteiger partial charge in [-0.15, -0.1) is 0 Å². The Labute approximate surface area is 105 Å². The second kappa shape index (κ2) is 7.67. The fraction of sp³-hybridized carbons (Fsp3) is 0.923. The molecule has 1 saturated heterocycles. The normalized spacial score (nSPS) is 20.1. The SMILES string of the molecule is COCCC(C)NC(C)C(=O)N1CCCCC1. The van der Waals surface area contributed by atoms with Crippen LogP contribution in [0.5, 0.6) is 0 Å². The Hall–Kier alpha value is -0.610. The number of nitrogens with one attached hydrogen (secondary N) is 1. The molecule has 1 rings (SSSR count). The Balaban J connectivity index is 2.29. The Kier molecular flexibility index (Phi) is 6.52. The van der Waals surface area contributed by atoms with Crippen molar-refractivity contribution < 1.29 is 9.53 Å². The van der Waals surface area contributed by atoms with Gasteiger partial charge in [0, 0.05) is 32.8 Å². The molecule has 0 saturated carbocycles. The Bertz CT molecular complexity index is 227. The van der Waals surface area contributed by atoms with Gasteiger partial charge in [-0.05, 0) is 39.5 Å². The molecule has 0 aromatic heterocycles. The van der Waals surface area contributed by atoms with Crippen LogP contribution in [0.3, 0.4) is 0 Å². The summed E-state index contributed by atoms with van der Waals surface area (Å²) >= 11 is 0.